The van der Waals surface area contributed by atoms with E-state index < -0.39 is 6.04 Å². The van der Waals surface area contributed by atoms with Gasteiger partial charge in [0, 0.05) is 23.8 Å². The van der Waals surface area contributed by atoms with Gasteiger partial charge in [0.25, 0.3) is 5.91 Å². The molecule has 26 heavy (non-hydrogen) atoms. The predicted molar refractivity (Wildman–Crippen MR) is 96.3 cm³/mol. The highest BCUT2D eigenvalue weighted by atomic mass is 16.1. The van der Waals surface area contributed by atoms with Gasteiger partial charge in [-0.15, -0.1) is 0 Å². The van der Waals surface area contributed by atoms with E-state index in [0.717, 1.165) is 16.8 Å². The first-order chi connectivity index (χ1) is 12.6. The van der Waals surface area contributed by atoms with Crippen LogP contribution in [0, 0.1) is 6.92 Å². The fraction of sp³-hybridized carbons (Fsp3) is 0.167. The Morgan fingerprint density at radius 2 is 1.92 bits per heavy atom. The number of hydrogen-bond acceptors (Lipinski definition) is 6. The Hall–Kier alpha value is -3.55. The maximum Gasteiger partial charge on any atom is 0.255 e. The van der Waals surface area contributed by atoms with Crippen molar-refractivity contribution in [3.05, 3.63) is 71.2 Å². The second kappa shape index (κ2) is 6.40. The average molecular weight is 347 g/mol. The number of nitrogens with one attached hydrogen (secondary N) is 2. The quantitative estimate of drug-likeness (QED) is 0.754. The summed E-state index contributed by atoms with van der Waals surface area (Å²) in [4.78, 5) is 17.2. The van der Waals surface area contributed by atoms with Crippen LogP contribution in [-0.4, -0.2) is 31.1 Å². The van der Waals surface area contributed by atoms with E-state index in [1.54, 1.807) is 17.1 Å². The molecule has 1 atom stereocenters. The minimum atomic E-state index is -0.437. The molecule has 0 saturated heterocycles. The Bertz CT molecular complexity index is 994. The van der Waals surface area contributed by atoms with Gasteiger partial charge in [-0.1, -0.05) is 23.3 Å². The topological polar surface area (TPSA) is 97.6 Å². The van der Waals surface area contributed by atoms with Crippen LogP contribution in [0.3, 0.4) is 0 Å². The van der Waals surface area contributed by atoms with E-state index in [9.17, 15) is 4.79 Å². The van der Waals surface area contributed by atoms with E-state index in [0.29, 0.717) is 17.2 Å². The zero-order chi connectivity index (χ0) is 18.1. The van der Waals surface area contributed by atoms with Crippen molar-refractivity contribution in [2.45, 2.75) is 19.9 Å². The van der Waals surface area contributed by atoms with Crippen molar-refractivity contribution >= 4 is 17.5 Å². The number of hydrogen-bond donors (Lipinski definition) is 2. The van der Waals surface area contributed by atoms with Gasteiger partial charge in [0.2, 0.25) is 5.95 Å². The van der Waals surface area contributed by atoms with Gasteiger partial charge in [0.1, 0.15) is 6.04 Å². The Kier molecular flexibility index (Phi) is 3.92. The zero-order valence-corrected chi connectivity index (χ0v) is 14.3. The minimum absolute atomic E-state index is 0.202. The van der Waals surface area contributed by atoms with E-state index in [1.807, 2.05) is 50.2 Å². The standard InChI is InChI=1S/C18H17N7O/c1-11-5-3-4-6-14(11)21-17(26)15-12(2)20-18-22-23-24-25(18)16(15)13-7-9-19-10-8-13/h3-10,16H,1-2H3,(H,21,26)(H,20,22,24)/t16-/m1/s1. The minimum Gasteiger partial charge on any atom is -0.326 e. The van der Waals surface area contributed by atoms with Gasteiger partial charge in [-0.2, -0.15) is 4.68 Å². The summed E-state index contributed by atoms with van der Waals surface area (Å²) in [6.07, 6.45) is 3.38. The van der Waals surface area contributed by atoms with Gasteiger partial charge in [-0.25, -0.2) is 0 Å². The van der Waals surface area contributed by atoms with Crippen LogP contribution in [0.5, 0.6) is 0 Å². The number of pyridine rings is 1. The van der Waals surface area contributed by atoms with Crippen LogP contribution in [0.2, 0.25) is 0 Å². The van der Waals surface area contributed by atoms with Gasteiger partial charge < -0.3 is 10.6 Å². The number of allylic oxidation sites excluding steroid dienone is 1. The third kappa shape index (κ3) is 2.71. The summed E-state index contributed by atoms with van der Waals surface area (Å²) in [5.41, 5.74) is 3.91. The number of fused-ring (bicyclic) bond motifs is 1. The van der Waals surface area contributed by atoms with Gasteiger partial charge in [-0.3, -0.25) is 9.78 Å². The number of anilines is 2. The lowest BCUT2D eigenvalue weighted by Crippen LogP contribution is -2.31. The van der Waals surface area contributed by atoms with E-state index in [2.05, 4.69) is 31.1 Å². The summed E-state index contributed by atoms with van der Waals surface area (Å²) in [5, 5.41) is 17.9. The van der Waals surface area contributed by atoms with Crippen LogP contribution in [0.1, 0.15) is 24.1 Å². The smallest absolute Gasteiger partial charge is 0.255 e. The van der Waals surface area contributed by atoms with Crippen LogP contribution in [0.4, 0.5) is 11.6 Å². The van der Waals surface area contributed by atoms with Crippen molar-refractivity contribution in [2.24, 2.45) is 0 Å². The Labute approximate surface area is 150 Å². The molecule has 0 unspecified atom stereocenters. The number of amides is 1. The highest BCUT2D eigenvalue weighted by Crippen LogP contribution is 2.34. The van der Waals surface area contributed by atoms with Crippen LogP contribution in [-0.2, 0) is 4.79 Å². The monoisotopic (exact) mass is 347 g/mol. The Balaban J connectivity index is 1.77. The van der Waals surface area contributed by atoms with Gasteiger partial charge in [-0.05, 0) is 53.6 Å². The molecule has 0 fully saturated rings. The number of benzene rings is 1. The number of aryl methyl sites for hydroxylation is 1. The molecule has 0 radical (unpaired) electrons. The molecule has 8 nitrogen and oxygen atoms in total. The number of carbonyl (C=O) groups is 1. The summed E-state index contributed by atoms with van der Waals surface area (Å²) in [6.45, 7) is 3.80. The van der Waals surface area contributed by atoms with E-state index >= 15 is 0 Å². The summed E-state index contributed by atoms with van der Waals surface area (Å²) < 4.78 is 1.61. The summed E-state index contributed by atoms with van der Waals surface area (Å²) in [7, 11) is 0. The number of carbonyl (C=O) groups excluding carboxylic acids is 1. The summed E-state index contributed by atoms with van der Waals surface area (Å²) in [6, 6.07) is 10.9. The fourth-order valence-electron chi connectivity index (χ4n) is 3.06. The second-order valence-corrected chi connectivity index (χ2v) is 6.06. The van der Waals surface area contributed by atoms with E-state index in [4.69, 9.17) is 0 Å². The molecule has 0 spiro atoms. The summed E-state index contributed by atoms with van der Waals surface area (Å²) >= 11 is 0. The largest absolute Gasteiger partial charge is 0.326 e. The molecule has 1 aromatic carbocycles. The molecule has 0 aliphatic carbocycles. The first-order valence-corrected chi connectivity index (χ1v) is 8.17. The molecule has 2 N–H and O–H groups in total. The number of nitrogens with zero attached hydrogens (tertiary/aromatic N) is 5. The van der Waals surface area contributed by atoms with Crippen molar-refractivity contribution < 1.29 is 4.79 Å². The molecule has 2 aromatic heterocycles. The zero-order valence-electron chi connectivity index (χ0n) is 14.3. The number of rotatable bonds is 3. The molecule has 130 valence electrons. The lowest BCUT2D eigenvalue weighted by molar-refractivity contribution is -0.113. The third-order valence-electron chi connectivity index (χ3n) is 4.37. The first kappa shape index (κ1) is 15.9. The summed E-state index contributed by atoms with van der Waals surface area (Å²) in [5.74, 6) is 0.295. The molecular weight excluding hydrogens is 330 g/mol. The van der Waals surface area contributed by atoms with Gasteiger partial charge in [0.05, 0.1) is 5.57 Å². The molecule has 3 heterocycles. The molecule has 3 aromatic rings. The van der Waals surface area contributed by atoms with Crippen molar-refractivity contribution in [3.8, 4) is 0 Å². The van der Waals surface area contributed by atoms with E-state index in [-0.39, 0.29) is 5.91 Å². The lowest BCUT2D eigenvalue weighted by Gasteiger charge is -2.28. The molecule has 8 heteroatoms. The van der Waals surface area contributed by atoms with Crippen LogP contribution in [0.25, 0.3) is 0 Å². The van der Waals surface area contributed by atoms with Gasteiger partial charge in [0.15, 0.2) is 0 Å². The fourth-order valence-corrected chi connectivity index (χ4v) is 3.06. The molecule has 1 amide bonds. The molecule has 0 bridgehead atoms. The Morgan fingerprint density at radius 1 is 1.15 bits per heavy atom. The molecular formula is C18H17N7O. The predicted octanol–water partition coefficient (Wildman–Crippen LogP) is 2.30. The van der Waals surface area contributed by atoms with Crippen molar-refractivity contribution in [1.82, 2.24) is 25.2 Å². The van der Waals surface area contributed by atoms with Crippen molar-refractivity contribution in [3.63, 3.8) is 0 Å². The second-order valence-electron chi connectivity index (χ2n) is 6.06. The average Bonchev–Trinajstić information content (AvgIpc) is 3.11. The normalized spacial score (nSPS) is 16.0. The maximum absolute atomic E-state index is 13.1. The molecule has 0 saturated carbocycles. The van der Waals surface area contributed by atoms with Crippen molar-refractivity contribution in [2.75, 3.05) is 10.6 Å². The highest BCUT2D eigenvalue weighted by molar-refractivity contribution is 6.06. The molecule has 4 rings (SSSR count). The van der Waals surface area contributed by atoms with Crippen LogP contribution < -0.4 is 10.6 Å². The molecule has 1 aliphatic heterocycles. The maximum atomic E-state index is 13.1. The Morgan fingerprint density at radius 3 is 2.69 bits per heavy atom. The van der Waals surface area contributed by atoms with Crippen LogP contribution >= 0.6 is 0 Å². The van der Waals surface area contributed by atoms with E-state index in [1.165, 1.54) is 0 Å². The highest BCUT2D eigenvalue weighted by Gasteiger charge is 2.34. The first-order valence-electron chi connectivity index (χ1n) is 8.17. The number of para-hydroxylation sites is 1. The number of aromatic nitrogens is 5. The number of tetrazole rings is 1. The van der Waals surface area contributed by atoms with Gasteiger partial charge >= 0.3 is 0 Å². The molecule has 1 aliphatic rings. The third-order valence-corrected chi connectivity index (χ3v) is 4.37. The van der Waals surface area contributed by atoms with Crippen molar-refractivity contribution in [1.29, 1.82) is 0 Å². The SMILES string of the molecule is CC1=C(C(=O)Nc2ccccc2C)[C@@H](c2ccncc2)n2nnnc2N1. The van der Waals surface area contributed by atoms with Crippen LogP contribution in [0.15, 0.2) is 60.1 Å². The lowest BCUT2D eigenvalue weighted by atomic mass is 9.95.